The van der Waals surface area contributed by atoms with Crippen molar-refractivity contribution in [1.29, 1.82) is 0 Å². The van der Waals surface area contributed by atoms with E-state index in [1.165, 1.54) is 19.2 Å². The average molecular weight is 290 g/mol. The van der Waals surface area contributed by atoms with Gasteiger partial charge in [0.15, 0.2) is 0 Å². The van der Waals surface area contributed by atoms with Crippen molar-refractivity contribution in [3.05, 3.63) is 29.8 Å². The molecule has 0 radical (unpaired) electrons. The minimum Gasteiger partial charge on any atom is -0.375 e. The van der Waals surface area contributed by atoms with Crippen molar-refractivity contribution in [1.82, 2.24) is 5.32 Å². The molecule has 0 aliphatic carbocycles. The van der Waals surface area contributed by atoms with Crippen LogP contribution in [0, 0.1) is 0 Å². The van der Waals surface area contributed by atoms with Crippen LogP contribution in [0.15, 0.2) is 24.3 Å². The van der Waals surface area contributed by atoms with E-state index in [0.717, 1.165) is 0 Å². The summed E-state index contributed by atoms with van der Waals surface area (Å²) in [4.78, 5) is 22.1. The lowest BCUT2D eigenvalue weighted by molar-refractivity contribution is -0.173. The summed E-state index contributed by atoms with van der Waals surface area (Å²) in [6.07, 6.45) is -4.94. The summed E-state index contributed by atoms with van der Waals surface area (Å²) in [7, 11) is 1.34. The van der Waals surface area contributed by atoms with Crippen LogP contribution in [-0.2, 0) is 20.9 Å². The fraction of sp³-hybridized carbons (Fsp3) is 0.333. The van der Waals surface area contributed by atoms with Crippen LogP contribution in [0.2, 0.25) is 0 Å². The third-order valence-corrected chi connectivity index (χ3v) is 2.26. The minimum absolute atomic E-state index is 0.177. The Morgan fingerprint density at radius 3 is 2.50 bits per heavy atom. The third kappa shape index (κ3) is 4.88. The zero-order valence-electron chi connectivity index (χ0n) is 10.6. The smallest absolute Gasteiger partial charge is 0.375 e. The molecule has 1 rings (SSSR count). The van der Waals surface area contributed by atoms with Gasteiger partial charge in [-0.15, -0.1) is 0 Å². The van der Waals surface area contributed by atoms with E-state index in [9.17, 15) is 22.8 Å². The van der Waals surface area contributed by atoms with Gasteiger partial charge in [-0.25, -0.2) is 0 Å². The molecule has 0 spiro atoms. The summed E-state index contributed by atoms with van der Waals surface area (Å²) in [5.74, 6) is -2.47. The number of rotatable bonds is 5. The largest absolute Gasteiger partial charge is 0.471 e. The van der Waals surface area contributed by atoms with E-state index in [-0.39, 0.29) is 13.2 Å². The zero-order chi connectivity index (χ0) is 15.2. The van der Waals surface area contributed by atoms with Crippen LogP contribution >= 0.6 is 0 Å². The van der Waals surface area contributed by atoms with Gasteiger partial charge in [-0.2, -0.15) is 13.2 Å². The van der Waals surface area contributed by atoms with Crippen molar-refractivity contribution in [3.8, 4) is 0 Å². The molecule has 0 saturated carbocycles. The first kappa shape index (κ1) is 16.0. The highest BCUT2D eigenvalue weighted by molar-refractivity contribution is 5.92. The number of carbonyl (C=O) groups is 2. The summed E-state index contributed by atoms with van der Waals surface area (Å²) in [6.45, 7) is -0.523. The number of hydrogen-bond donors (Lipinski definition) is 2. The average Bonchev–Trinajstić information content (AvgIpc) is 2.36. The van der Waals surface area contributed by atoms with Crippen molar-refractivity contribution in [3.63, 3.8) is 0 Å². The summed E-state index contributed by atoms with van der Waals surface area (Å²) < 4.78 is 40.8. The van der Waals surface area contributed by atoms with E-state index in [2.05, 4.69) is 10.1 Å². The standard InChI is InChI=1S/C12H13F3N2O3/c1-20-7-10(18)17-9-5-3-2-4-8(9)6-16-11(19)12(13,14)15/h2-5H,6-7H2,1H3,(H,16,19)(H,17,18). The van der Waals surface area contributed by atoms with Crippen molar-refractivity contribution >= 4 is 17.5 Å². The first-order valence-electron chi connectivity index (χ1n) is 5.56. The van der Waals surface area contributed by atoms with Gasteiger partial charge >= 0.3 is 12.1 Å². The molecule has 0 aliphatic heterocycles. The highest BCUT2D eigenvalue weighted by Crippen LogP contribution is 2.17. The summed E-state index contributed by atoms with van der Waals surface area (Å²) in [5, 5.41) is 4.22. The van der Waals surface area contributed by atoms with Crippen LogP contribution < -0.4 is 10.6 Å². The van der Waals surface area contributed by atoms with Crippen molar-refractivity contribution < 1.29 is 27.5 Å². The lowest BCUT2D eigenvalue weighted by Gasteiger charge is -2.12. The van der Waals surface area contributed by atoms with Gasteiger partial charge in [0.1, 0.15) is 6.61 Å². The second-order valence-electron chi connectivity index (χ2n) is 3.82. The number of alkyl halides is 3. The maximum Gasteiger partial charge on any atom is 0.471 e. The van der Waals surface area contributed by atoms with Crippen LogP contribution in [0.5, 0.6) is 0 Å². The summed E-state index contributed by atoms with van der Waals surface area (Å²) in [5.41, 5.74) is 0.673. The Balaban J connectivity index is 2.71. The molecular weight excluding hydrogens is 277 g/mol. The molecule has 0 fully saturated rings. The van der Waals surface area contributed by atoms with Crippen molar-refractivity contribution in [2.45, 2.75) is 12.7 Å². The molecule has 20 heavy (non-hydrogen) atoms. The van der Waals surface area contributed by atoms with Gasteiger partial charge in [-0.1, -0.05) is 18.2 Å². The molecule has 0 aliphatic rings. The fourth-order valence-electron chi connectivity index (χ4n) is 1.39. The zero-order valence-corrected chi connectivity index (χ0v) is 10.6. The maximum absolute atomic E-state index is 12.1. The molecular formula is C12H13F3N2O3. The van der Waals surface area contributed by atoms with Gasteiger partial charge in [0.25, 0.3) is 0 Å². The predicted octanol–water partition coefficient (Wildman–Crippen LogP) is 1.45. The molecule has 0 unspecified atom stereocenters. The molecule has 0 atom stereocenters. The van der Waals surface area contributed by atoms with Crippen molar-refractivity contribution in [2.24, 2.45) is 0 Å². The van der Waals surface area contributed by atoms with Crippen LogP contribution in [0.25, 0.3) is 0 Å². The van der Waals surface area contributed by atoms with E-state index < -0.39 is 18.0 Å². The second kappa shape index (κ2) is 6.90. The molecule has 2 amide bonds. The molecule has 0 bridgehead atoms. The molecule has 2 N–H and O–H groups in total. The predicted molar refractivity (Wildman–Crippen MR) is 64.8 cm³/mol. The number of amides is 2. The Hall–Kier alpha value is -2.09. The van der Waals surface area contributed by atoms with E-state index in [1.54, 1.807) is 17.4 Å². The number of para-hydroxylation sites is 1. The number of carbonyl (C=O) groups excluding carboxylic acids is 2. The number of benzene rings is 1. The van der Waals surface area contributed by atoms with Gasteiger partial charge in [0.05, 0.1) is 0 Å². The SMILES string of the molecule is COCC(=O)Nc1ccccc1CNC(=O)C(F)(F)F. The van der Waals surface area contributed by atoms with Crippen LogP contribution in [0.4, 0.5) is 18.9 Å². The minimum atomic E-state index is -4.94. The summed E-state index contributed by atoms with van der Waals surface area (Å²) in [6, 6.07) is 6.21. The number of methoxy groups -OCH3 is 1. The molecule has 1 aromatic carbocycles. The van der Waals surface area contributed by atoms with Gasteiger partial charge < -0.3 is 15.4 Å². The number of halogens is 3. The van der Waals surface area contributed by atoms with Gasteiger partial charge in [-0.05, 0) is 11.6 Å². The fourth-order valence-corrected chi connectivity index (χ4v) is 1.39. The first-order valence-corrected chi connectivity index (χ1v) is 5.56. The number of ether oxygens (including phenoxy) is 1. The normalized spacial score (nSPS) is 11.0. The van der Waals surface area contributed by atoms with Gasteiger partial charge in [0, 0.05) is 19.3 Å². The highest BCUT2D eigenvalue weighted by Gasteiger charge is 2.38. The second-order valence-corrected chi connectivity index (χ2v) is 3.82. The number of nitrogens with one attached hydrogen (secondary N) is 2. The Labute approximate surface area is 113 Å². The lowest BCUT2D eigenvalue weighted by atomic mass is 10.1. The van der Waals surface area contributed by atoms with Crippen molar-refractivity contribution in [2.75, 3.05) is 19.0 Å². The number of anilines is 1. The quantitative estimate of drug-likeness (QED) is 0.862. The highest BCUT2D eigenvalue weighted by atomic mass is 19.4. The molecule has 0 saturated heterocycles. The van der Waals surface area contributed by atoms with E-state index in [4.69, 9.17) is 0 Å². The topological polar surface area (TPSA) is 67.4 Å². The van der Waals surface area contributed by atoms with Gasteiger partial charge in [0.2, 0.25) is 5.91 Å². The Kier molecular flexibility index (Phi) is 5.51. The Morgan fingerprint density at radius 1 is 1.25 bits per heavy atom. The monoisotopic (exact) mass is 290 g/mol. The molecule has 8 heteroatoms. The molecule has 0 heterocycles. The first-order chi connectivity index (χ1) is 9.34. The summed E-state index contributed by atoms with van der Waals surface area (Å²) >= 11 is 0. The van der Waals surface area contributed by atoms with E-state index in [0.29, 0.717) is 11.3 Å². The Morgan fingerprint density at radius 2 is 1.90 bits per heavy atom. The van der Waals surface area contributed by atoms with Crippen LogP contribution in [-0.4, -0.2) is 31.7 Å². The molecule has 1 aromatic rings. The Bertz CT molecular complexity index is 489. The molecule has 110 valence electrons. The third-order valence-electron chi connectivity index (χ3n) is 2.26. The van der Waals surface area contributed by atoms with Crippen LogP contribution in [0.1, 0.15) is 5.56 Å². The van der Waals surface area contributed by atoms with Crippen LogP contribution in [0.3, 0.4) is 0 Å². The number of hydrogen-bond acceptors (Lipinski definition) is 3. The van der Waals surface area contributed by atoms with Gasteiger partial charge in [-0.3, -0.25) is 9.59 Å². The molecule has 5 nitrogen and oxygen atoms in total. The van der Waals surface area contributed by atoms with E-state index in [1.807, 2.05) is 0 Å². The maximum atomic E-state index is 12.1. The lowest BCUT2D eigenvalue weighted by Crippen LogP contribution is -2.36. The van der Waals surface area contributed by atoms with E-state index >= 15 is 0 Å². The molecule has 0 aromatic heterocycles.